The second-order valence-corrected chi connectivity index (χ2v) is 5.64. The van der Waals surface area contributed by atoms with Crippen LogP contribution in [0.5, 0.6) is 0 Å². The zero-order chi connectivity index (χ0) is 14.8. The standard InChI is InChI=1S/C15H21N3O2/c1-10-11(14(16)20)5-4-6-12(10)18-13(19)9-15(17)7-2-3-8-15/h4-6H,2-3,7-9,17H2,1H3,(H2,16,20)(H,18,19). The number of nitrogens with one attached hydrogen (secondary N) is 1. The molecular formula is C15H21N3O2. The van der Waals surface area contributed by atoms with Gasteiger partial charge in [0, 0.05) is 23.2 Å². The summed E-state index contributed by atoms with van der Waals surface area (Å²) in [5.74, 6) is -0.608. The van der Waals surface area contributed by atoms with Gasteiger partial charge in [0.15, 0.2) is 0 Å². The minimum atomic E-state index is -0.496. The van der Waals surface area contributed by atoms with Crippen molar-refractivity contribution in [1.29, 1.82) is 0 Å². The van der Waals surface area contributed by atoms with Crippen molar-refractivity contribution in [3.63, 3.8) is 0 Å². The van der Waals surface area contributed by atoms with Crippen molar-refractivity contribution in [3.05, 3.63) is 29.3 Å². The average Bonchev–Trinajstić information content (AvgIpc) is 2.77. The average molecular weight is 275 g/mol. The molecule has 2 amide bonds. The molecule has 1 aromatic rings. The summed E-state index contributed by atoms with van der Waals surface area (Å²) in [5.41, 5.74) is 12.8. The third kappa shape index (κ3) is 3.17. The highest BCUT2D eigenvalue weighted by Gasteiger charge is 2.31. The van der Waals surface area contributed by atoms with Crippen LogP contribution in [0.15, 0.2) is 18.2 Å². The predicted octanol–water partition coefficient (Wildman–Crippen LogP) is 1.69. The summed E-state index contributed by atoms with van der Waals surface area (Å²) in [4.78, 5) is 23.4. The topological polar surface area (TPSA) is 98.2 Å². The first kappa shape index (κ1) is 14.5. The van der Waals surface area contributed by atoms with Gasteiger partial charge in [0.1, 0.15) is 0 Å². The molecule has 1 saturated carbocycles. The fraction of sp³-hybridized carbons (Fsp3) is 0.467. The Labute approximate surface area is 118 Å². The van der Waals surface area contributed by atoms with E-state index in [4.69, 9.17) is 11.5 Å². The van der Waals surface area contributed by atoms with Gasteiger partial charge in [0.25, 0.3) is 0 Å². The molecule has 1 fully saturated rings. The zero-order valence-corrected chi connectivity index (χ0v) is 11.7. The lowest BCUT2D eigenvalue weighted by Crippen LogP contribution is -2.40. The van der Waals surface area contributed by atoms with Crippen LogP contribution in [-0.4, -0.2) is 17.4 Å². The lowest BCUT2D eigenvalue weighted by atomic mass is 9.94. The molecule has 108 valence electrons. The first-order valence-electron chi connectivity index (χ1n) is 6.89. The molecule has 5 N–H and O–H groups in total. The fourth-order valence-electron chi connectivity index (χ4n) is 2.81. The van der Waals surface area contributed by atoms with Gasteiger partial charge in [-0.15, -0.1) is 0 Å². The summed E-state index contributed by atoms with van der Waals surface area (Å²) in [6.45, 7) is 1.77. The number of amides is 2. The maximum absolute atomic E-state index is 12.1. The Balaban J connectivity index is 2.08. The Morgan fingerprint density at radius 3 is 2.55 bits per heavy atom. The molecule has 2 rings (SSSR count). The van der Waals surface area contributed by atoms with Crippen molar-refractivity contribution in [3.8, 4) is 0 Å². The number of carbonyl (C=O) groups excluding carboxylic acids is 2. The molecule has 0 spiro atoms. The van der Waals surface area contributed by atoms with E-state index in [1.165, 1.54) is 0 Å². The fourth-order valence-corrected chi connectivity index (χ4v) is 2.81. The van der Waals surface area contributed by atoms with Gasteiger partial charge in [-0.2, -0.15) is 0 Å². The van der Waals surface area contributed by atoms with Gasteiger partial charge in [-0.25, -0.2) is 0 Å². The molecule has 0 unspecified atom stereocenters. The van der Waals surface area contributed by atoms with E-state index in [0.717, 1.165) is 25.7 Å². The third-order valence-corrected chi connectivity index (χ3v) is 3.99. The highest BCUT2D eigenvalue weighted by molar-refractivity contribution is 5.98. The van der Waals surface area contributed by atoms with E-state index in [1.807, 2.05) is 0 Å². The Kier molecular flexibility index (Phi) is 4.09. The molecule has 5 nitrogen and oxygen atoms in total. The number of nitrogens with two attached hydrogens (primary N) is 2. The van der Waals surface area contributed by atoms with Crippen LogP contribution in [0.25, 0.3) is 0 Å². The first-order chi connectivity index (χ1) is 9.41. The van der Waals surface area contributed by atoms with Crippen LogP contribution >= 0.6 is 0 Å². The maximum Gasteiger partial charge on any atom is 0.249 e. The molecule has 20 heavy (non-hydrogen) atoms. The van der Waals surface area contributed by atoms with Gasteiger partial charge in [-0.3, -0.25) is 9.59 Å². The van der Waals surface area contributed by atoms with E-state index in [1.54, 1.807) is 25.1 Å². The van der Waals surface area contributed by atoms with Gasteiger partial charge in [0.2, 0.25) is 11.8 Å². The highest BCUT2D eigenvalue weighted by Crippen LogP contribution is 2.30. The van der Waals surface area contributed by atoms with Gasteiger partial charge in [0.05, 0.1) is 0 Å². The molecule has 1 aliphatic carbocycles. The number of hydrogen-bond acceptors (Lipinski definition) is 3. The number of rotatable bonds is 4. The van der Waals surface area contributed by atoms with E-state index < -0.39 is 5.91 Å². The van der Waals surface area contributed by atoms with Gasteiger partial charge in [-0.1, -0.05) is 18.9 Å². The molecule has 0 heterocycles. The second kappa shape index (κ2) is 5.63. The summed E-state index contributed by atoms with van der Waals surface area (Å²) in [7, 11) is 0. The third-order valence-electron chi connectivity index (χ3n) is 3.99. The lowest BCUT2D eigenvalue weighted by molar-refractivity contribution is -0.117. The summed E-state index contributed by atoms with van der Waals surface area (Å²) >= 11 is 0. The van der Waals surface area contributed by atoms with E-state index in [-0.39, 0.29) is 11.4 Å². The molecule has 0 atom stereocenters. The SMILES string of the molecule is Cc1c(NC(=O)CC2(N)CCCC2)cccc1C(N)=O. The van der Waals surface area contributed by atoms with Gasteiger partial charge < -0.3 is 16.8 Å². The lowest BCUT2D eigenvalue weighted by Gasteiger charge is -2.23. The summed E-state index contributed by atoms with van der Waals surface area (Å²) in [6, 6.07) is 5.11. The molecule has 0 bridgehead atoms. The van der Waals surface area contributed by atoms with Gasteiger partial charge >= 0.3 is 0 Å². The molecule has 0 saturated heterocycles. The van der Waals surface area contributed by atoms with E-state index in [2.05, 4.69) is 5.32 Å². The van der Waals surface area contributed by atoms with Crippen molar-refractivity contribution < 1.29 is 9.59 Å². The molecule has 0 radical (unpaired) electrons. The molecule has 0 aliphatic heterocycles. The van der Waals surface area contributed by atoms with Crippen molar-refractivity contribution >= 4 is 17.5 Å². The Bertz CT molecular complexity index is 534. The van der Waals surface area contributed by atoms with Crippen LogP contribution in [0.1, 0.15) is 48.0 Å². The largest absolute Gasteiger partial charge is 0.366 e. The Morgan fingerprint density at radius 2 is 1.95 bits per heavy atom. The summed E-state index contributed by atoms with van der Waals surface area (Å²) < 4.78 is 0. The molecule has 5 heteroatoms. The normalized spacial score (nSPS) is 16.9. The Hall–Kier alpha value is -1.88. The molecule has 0 aromatic heterocycles. The monoisotopic (exact) mass is 275 g/mol. The van der Waals surface area contributed by atoms with Crippen LogP contribution in [0, 0.1) is 6.92 Å². The summed E-state index contributed by atoms with van der Waals surface area (Å²) in [5, 5.41) is 2.83. The number of anilines is 1. The Morgan fingerprint density at radius 1 is 1.30 bits per heavy atom. The van der Waals surface area contributed by atoms with E-state index in [9.17, 15) is 9.59 Å². The summed E-state index contributed by atoms with van der Waals surface area (Å²) in [6.07, 6.45) is 4.26. The van der Waals surface area contributed by atoms with Crippen molar-refractivity contribution in [2.24, 2.45) is 11.5 Å². The van der Waals surface area contributed by atoms with E-state index in [0.29, 0.717) is 23.2 Å². The highest BCUT2D eigenvalue weighted by atomic mass is 16.2. The van der Waals surface area contributed by atoms with Crippen LogP contribution in [0.2, 0.25) is 0 Å². The minimum Gasteiger partial charge on any atom is -0.366 e. The second-order valence-electron chi connectivity index (χ2n) is 5.64. The van der Waals surface area contributed by atoms with Crippen molar-refractivity contribution in [1.82, 2.24) is 0 Å². The van der Waals surface area contributed by atoms with E-state index >= 15 is 0 Å². The number of carbonyl (C=O) groups is 2. The van der Waals surface area contributed by atoms with Crippen LogP contribution in [0.3, 0.4) is 0 Å². The number of benzene rings is 1. The molecule has 1 aromatic carbocycles. The van der Waals surface area contributed by atoms with Crippen LogP contribution < -0.4 is 16.8 Å². The zero-order valence-electron chi connectivity index (χ0n) is 11.7. The van der Waals surface area contributed by atoms with Crippen LogP contribution in [-0.2, 0) is 4.79 Å². The predicted molar refractivity (Wildman–Crippen MR) is 78.3 cm³/mol. The maximum atomic E-state index is 12.1. The quantitative estimate of drug-likeness (QED) is 0.779. The van der Waals surface area contributed by atoms with Gasteiger partial charge in [-0.05, 0) is 37.5 Å². The molecule has 1 aliphatic rings. The molecular weight excluding hydrogens is 254 g/mol. The minimum absolute atomic E-state index is 0.112. The number of hydrogen-bond donors (Lipinski definition) is 3. The smallest absolute Gasteiger partial charge is 0.249 e. The van der Waals surface area contributed by atoms with Crippen LogP contribution in [0.4, 0.5) is 5.69 Å². The van der Waals surface area contributed by atoms with Crippen molar-refractivity contribution in [2.45, 2.75) is 44.6 Å². The van der Waals surface area contributed by atoms with Crippen molar-refractivity contribution in [2.75, 3.05) is 5.32 Å². The first-order valence-corrected chi connectivity index (χ1v) is 6.89. The number of primary amides is 1.